The normalized spacial score (nSPS) is 34.7. The third kappa shape index (κ3) is 1.82. The van der Waals surface area contributed by atoms with Crippen molar-refractivity contribution < 1.29 is 0 Å². The van der Waals surface area contributed by atoms with Gasteiger partial charge in [-0.05, 0) is 50.4 Å². The first-order chi connectivity index (χ1) is 7.43. The summed E-state index contributed by atoms with van der Waals surface area (Å²) in [7, 11) is 0. The van der Waals surface area contributed by atoms with Crippen LogP contribution >= 0.6 is 0 Å². The molecule has 0 nitrogen and oxygen atoms in total. The smallest absolute Gasteiger partial charge is 0.00116 e. The van der Waals surface area contributed by atoms with Crippen molar-refractivity contribution >= 4 is 0 Å². The predicted octanol–water partition coefficient (Wildman–Crippen LogP) is 4.40. The highest BCUT2D eigenvalue weighted by Gasteiger charge is 2.29. The molecule has 80 valence electrons. The zero-order chi connectivity index (χ0) is 10.1. The highest BCUT2D eigenvalue weighted by atomic mass is 14.3. The van der Waals surface area contributed by atoms with E-state index in [4.69, 9.17) is 0 Å². The fraction of sp³-hybridized carbons (Fsp3) is 0.600. The fourth-order valence-corrected chi connectivity index (χ4v) is 3.45. The molecule has 2 fully saturated rings. The maximum atomic E-state index is 2.43. The predicted molar refractivity (Wildman–Crippen MR) is 64.6 cm³/mol. The van der Waals surface area contributed by atoms with Crippen molar-refractivity contribution in [1.82, 2.24) is 0 Å². The van der Waals surface area contributed by atoms with Crippen molar-refractivity contribution in [3.63, 3.8) is 0 Å². The molecule has 0 saturated heterocycles. The van der Waals surface area contributed by atoms with Gasteiger partial charge in [0.1, 0.15) is 0 Å². The van der Waals surface area contributed by atoms with Crippen LogP contribution < -0.4 is 0 Å². The minimum Gasteiger partial charge on any atom is -0.0811 e. The molecule has 0 N–H and O–H groups in total. The van der Waals surface area contributed by atoms with E-state index in [2.05, 4.69) is 24.3 Å². The molecule has 0 aliphatic heterocycles. The van der Waals surface area contributed by atoms with Crippen LogP contribution in [0.4, 0.5) is 0 Å². The Morgan fingerprint density at radius 3 is 2.60 bits per heavy atom. The second-order valence-electron chi connectivity index (χ2n) is 5.27. The van der Waals surface area contributed by atoms with Gasteiger partial charge in [-0.25, -0.2) is 0 Å². The van der Waals surface area contributed by atoms with E-state index in [0.717, 1.165) is 11.8 Å². The maximum Gasteiger partial charge on any atom is -0.00116 e. The van der Waals surface area contributed by atoms with Crippen LogP contribution in [0.2, 0.25) is 0 Å². The molecule has 0 radical (unpaired) electrons. The van der Waals surface area contributed by atoms with Gasteiger partial charge in [-0.3, -0.25) is 0 Å². The first-order valence-electron chi connectivity index (χ1n) is 6.49. The van der Waals surface area contributed by atoms with E-state index in [9.17, 15) is 0 Å². The van der Waals surface area contributed by atoms with Gasteiger partial charge in [-0.1, -0.05) is 41.9 Å². The van der Waals surface area contributed by atoms with Gasteiger partial charge in [0.2, 0.25) is 0 Å². The van der Waals surface area contributed by atoms with Crippen LogP contribution in [0.25, 0.3) is 0 Å². The number of rotatable bonds is 0. The Hall–Kier alpha value is -0.780. The minimum absolute atomic E-state index is 0.790. The molecule has 2 bridgehead atoms. The largest absolute Gasteiger partial charge is 0.0811 e. The van der Waals surface area contributed by atoms with Crippen LogP contribution in [0.5, 0.6) is 0 Å². The zero-order valence-electron chi connectivity index (χ0n) is 9.41. The van der Waals surface area contributed by atoms with Crippen LogP contribution in [0, 0.1) is 11.8 Å². The summed E-state index contributed by atoms with van der Waals surface area (Å²) in [5.41, 5.74) is 3.65. The Bertz CT molecular complexity index is 322. The Morgan fingerprint density at radius 1 is 0.933 bits per heavy atom. The second-order valence-corrected chi connectivity index (χ2v) is 5.27. The summed E-state index contributed by atoms with van der Waals surface area (Å²) in [6.45, 7) is 0. The van der Waals surface area contributed by atoms with Crippen LogP contribution in [0.3, 0.4) is 0 Å². The summed E-state index contributed by atoms with van der Waals surface area (Å²) in [5, 5.41) is 0. The molecule has 0 aromatic carbocycles. The summed E-state index contributed by atoms with van der Waals surface area (Å²) in [6.07, 6.45) is 19.2. The summed E-state index contributed by atoms with van der Waals surface area (Å²) < 4.78 is 0. The topological polar surface area (TPSA) is 0 Å². The van der Waals surface area contributed by atoms with E-state index in [1.807, 2.05) is 11.1 Å². The molecule has 3 aliphatic carbocycles. The lowest BCUT2D eigenvalue weighted by Crippen LogP contribution is -2.02. The average Bonchev–Trinajstić information content (AvgIpc) is 2.52. The summed E-state index contributed by atoms with van der Waals surface area (Å²) in [5.74, 6) is 1.63. The first-order valence-corrected chi connectivity index (χ1v) is 6.49. The van der Waals surface area contributed by atoms with E-state index < -0.39 is 0 Å². The van der Waals surface area contributed by atoms with Gasteiger partial charge in [0, 0.05) is 0 Å². The quantitative estimate of drug-likeness (QED) is 0.508. The molecule has 2 atom stereocenters. The average molecular weight is 200 g/mol. The van der Waals surface area contributed by atoms with Crippen LogP contribution in [-0.4, -0.2) is 0 Å². The summed E-state index contributed by atoms with van der Waals surface area (Å²) in [4.78, 5) is 0. The molecule has 3 aliphatic rings. The lowest BCUT2D eigenvalue weighted by atomic mass is 9.87. The first kappa shape index (κ1) is 9.45. The van der Waals surface area contributed by atoms with Crippen molar-refractivity contribution in [1.29, 1.82) is 0 Å². The number of fused-ring (bicyclic) bond motifs is 2. The molecule has 0 spiro atoms. The van der Waals surface area contributed by atoms with Gasteiger partial charge in [-0.2, -0.15) is 0 Å². The van der Waals surface area contributed by atoms with Gasteiger partial charge in [0.15, 0.2) is 0 Å². The van der Waals surface area contributed by atoms with Crippen LogP contribution in [0.1, 0.15) is 44.9 Å². The highest BCUT2D eigenvalue weighted by Crippen LogP contribution is 2.43. The SMILES string of the molecule is C1=C[C@H]2CC(=C3CCCCC3)[C@@H](C=C1)C2. The molecule has 0 unspecified atom stereocenters. The Morgan fingerprint density at radius 2 is 1.73 bits per heavy atom. The minimum atomic E-state index is 0.790. The Balaban J connectivity index is 1.88. The van der Waals surface area contributed by atoms with E-state index >= 15 is 0 Å². The zero-order valence-corrected chi connectivity index (χ0v) is 9.41. The molecule has 0 aromatic rings. The van der Waals surface area contributed by atoms with Crippen molar-refractivity contribution in [2.75, 3.05) is 0 Å². The lowest BCUT2D eigenvalue weighted by molar-refractivity contribution is 0.585. The molecule has 15 heavy (non-hydrogen) atoms. The van der Waals surface area contributed by atoms with E-state index in [1.165, 1.54) is 44.9 Å². The molecular formula is C15H20. The van der Waals surface area contributed by atoms with Crippen LogP contribution in [-0.2, 0) is 0 Å². The Labute approximate surface area is 92.8 Å². The van der Waals surface area contributed by atoms with Crippen molar-refractivity contribution in [3.8, 4) is 0 Å². The molecule has 0 heterocycles. The van der Waals surface area contributed by atoms with Gasteiger partial charge in [0.25, 0.3) is 0 Å². The number of hydrogen-bond donors (Lipinski definition) is 0. The van der Waals surface area contributed by atoms with Crippen molar-refractivity contribution in [2.24, 2.45) is 11.8 Å². The van der Waals surface area contributed by atoms with Gasteiger partial charge >= 0.3 is 0 Å². The number of allylic oxidation sites excluding steroid dienone is 6. The summed E-state index contributed by atoms with van der Waals surface area (Å²) in [6, 6.07) is 0. The number of hydrogen-bond acceptors (Lipinski definition) is 0. The van der Waals surface area contributed by atoms with Gasteiger partial charge in [0.05, 0.1) is 0 Å². The monoisotopic (exact) mass is 200 g/mol. The fourth-order valence-electron chi connectivity index (χ4n) is 3.45. The Kier molecular flexibility index (Phi) is 2.52. The van der Waals surface area contributed by atoms with Crippen molar-refractivity contribution in [2.45, 2.75) is 44.9 Å². The van der Waals surface area contributed by atoms with Crippen molar-refractivity contribution in [3.05, 3.63) is 35.5 Å². The lowest BCUT2D eigenvalue weighted by Gasteiger charge is -2.19. The van der Waals surface area contributed by atoms with Gasteiger partial charge in [-0.15, -0.1) is 0 Å². The van der Waals surface area contributed by atoms with E-state index in [1.54, 1.807) is 0 Å². The third-order valence-electron chi connectivity index (χ3n) is 4.24. The molecule has 0 heteroatoms. The summed E-state index contributed by atoms with van der Waals surface area (Å²) >= 11 is 0. The standard InChI is InChI=1S/C15H20/c1-2-7-13(8-3-1)15-11-12-6-4-5-9-14(15)10-12/h4-6,9,12,14H,1-3,7-8,10-11H2/t12-,14+/m1/s1. The van der Waals surface area contributed by atoms with E-state index in [0.29, 0.717) is 0 Å². The third-order valence-corrected chi connectivity index (χ3v) is 4.24. The molecular weight excluding hydrogens is 180 g/mol. The molecule has 0 amide bonds. The molecule has 3 rings (SSSR count). The van der Waals surface area contributed by atoms with Gasteiger partial charge < -0.3 is 0 Å². The maximum absolute atomic E-state index is 2.43. The second kappa shape index (κ2) is 4.00. The highest BCUT2D eigenvalue weighted by molar-refractivity contribution is 5.31. The van der Waals surface area contributed by atoms with Crippen LogP contribution in [0.15, 0.2) is 35.5 Å². The molecule has 2 saturated carbocycles. The molecule has 0 aromatic heterocycles. The van der Waals surface area contributed by atoms with E-state index in [-0.39, 0.29) is 0 Å².